The van der Waals surface area contributed by atoms with Gasteiger partial charge in [-0.15, -0.1) is 0 Å². The van der Waals surface area contributed by atoms with Gasteiger partial charge in [-0.05, 0) is 24.6 Å². The van der Waals surface area contributed by atoms with Crippen molar-refractivity contribution in [3.8, 4) is 0 Å². The van der Waals surface area contributed by atoms with Gasteiger partial charge in [-0.2, -0.15) is 0 Å². The van der Waals surface area contributed by atoms with E-state index in [0.29, 0.717) is 31.3 Å². The highest BCUT2D eigenvalue weighted by Gasteiger charge is 2.02. The normalized spacial score (nSPS) is 11.1. The quantitative estimate of drug-likeness (QED) is 0.720. The zero-order valence-electron chi connectivity index (χ0n) is 10.9. The third-order valence-corrected chi connectivity index (χ3v) is 2.63. The number of anilines is 1. The Morgan fingerprint density at radius 1 is 1.32 bits per heavy atom. The van der Waals surface area contributed by atoms with Crippen LogP contribution in [0.2, 0.25) is 0 Å². The summed E-state index contributed by atoms with van der Waals surface area (Å²) >= 11 is 0. The third kappa shape index (κ3) is 4.18. The maximum absolute atomic E-state index is 13.0. The van der Waals surface area contributed by atoms with E-state index in [0.717, 1.165) is 18.5 Å². The molecule has 1 aromatic carbocycles. The maximum Gasteiger partial charge on any atom is 0.201 e. The van der Waals surface area contributed by atoms with Crippen molar-refractivity contribution in [2.45, 2.75) is 6.42 Å². The second-order valence-corrected chi connectivity index (χ2v) is 4.13. The van der Waals surface area contributed by atoms with Crippen LogP contribution in [0.3, 0.4) is 0 Å². The molecule has 0 bridgehead atoms. The Morgan fingerprint density at radius 3 is 3.05 bits per heavy atom. The minimum atomic E-state index is -0.269. The fourth-order valence-corrected chi connectivity index (χ4v) is 1.69. The first kappa shape index (κ1) is 13.8. The Labute approximate surface area is 111 Å². The van der Waals surface area contributed by atoms with Gasteiger partial charge in [-0.25, -0.2) is 9.37 Å². The number of nitrogens with zero attached hydrogens (tertiary/aromatic N) is 1. The number of methoxy groups -OCH3 is 1. The van der Waals surface area contributed by atoms with Crippen molar-refractivity contribution in [2.75, 3.05) is 38.8 Å². The third-order valence-electron chi connectivity index (χ3n) is 2.63. The molecule has 0 fully saturated rings. The predicted octanol–water partition coefficient (Wildman–Crippen LogP) is 2.17. The number of ether oxygens (including phenoxy) is 2. The van der Waals surface area contributed by atoms with Gasteiger partial charge in [-0.1, -0.05) is 0 Å². The summed E-state index contributed by atoms with van der Waals surface area (Å²) in [5.74, 6) is 0.381. The van der Waals surface area contributed by atoms with Crippen LogP contribution in [0.1, 0.15) is 6.42 Å². The van der Waals surface area contributed by atoms with Gasteiger partial charge in [0.1, 0.15) is 5.82 Å². The number of rotatable bonds is 8. The van der Waals surface area contributed by atoms with Crippen LogP contribution in [0, 0.1) is 5.82 Å². The van der Waals surface area contributed by atoms with E-state index in [1.165, 1.54) is 12.1 Å². The molecule has 0 radical (unpaired) electrons. The first-order chi connectivity index (χ1) is 9.29. The van der Waals surface area contributed by atoms with Crippen LogP contribution in [-0.4, -0.2) is 43.4 Å². The van der Waals surface area contributed by atoms with Gasteiger partial charge in [0.15, 0.2) is 0 Å². The van der Waals surface area contributed by atoms with Crippen LogP contribution in [0.4, 0.5) is 10.3 Å². The van der Waals surface area contributed by atoms with E-state index in [4.69, 9.17) is 9.47 Å². The average Bonchev–Trinajstić information content (AvgIpc) is 2.79. The Hall–Kier alpha value is -1.66. The van der Waals surface area contributed by atoms with Crippen molar-refractivity contribution < 1.29 is 13.9 Å². The van der Waals surface area contributed by atoms with Crippen LogP contribution < -0.4 is 5.32 Å². The number of fused-ring (bicyclic) bond motifs is 1. The molecule has 0 amide bonds. The van der Waals surface area contributed by atoms with E-state index in [1.54, 1.807) is 13.2 Å². The molecular formula is C13H18FN3O2. The molecule has 0 spiro atoms. The maximum atomic E-state index is 13.0. The second kappa shape index (κ2) is 7.06. The molecule has 1 heterocycles. The van der Waals surface area contributed by atoms with Gasteiger partial charge in [0.05, 0.1) is 24.2 Å². The lowest BCUT2D eigenvalue weighted by Gasteiger charge is -2.04. The molecular weight excluding hydrogens is 249 g/mol. The van der Waals surface area contributed by atoms with Crippen molar-refractivity contribution in [3.05, 3.63) is 24.0 Å². The molecule has 0 saturated carbocycles. The lowest BCUT2D eigenvalue weighted by Crippen LogP contribution is -2.08. The van der Waals surface area contributed by atoms with Crippen LogP contribution >= 0.6 is 0 Å². The molecule has 2 N–H and O–H groups in total. The van der Waals surface area contributed by atoms with Crippen LogP contribution in [0.25, 0.3) is 11.0 Å². The second-order valence-electron chi connectivity index (χ2n) is 4.13. The van der Waals surface area contributed by atoms with E-state index in [9.17, 15) is 4.39 Å². The molecule has 0 aliphatic carbocycles. The number of hydrogen-bond acceptors (Lipinski definition) is 4. The smallest absolute Gasteiger partial charge is 0.201 e. The molecule has 0 saturated heterocycles. The van der Waals surface area contributed by atoms with Crippen LogP contribution in [0.5, 0.6) is 0 Å². The zero-order valence-corrected chi connectivity index (χ0v) is 10.9. The number of halogens is 1. The van der Waals surface area contributed by atoms with Crippen molar-refractivity contribution in [1.82, 2.24) is 9.97 Å². The van der Waals surface area contributed by atoms with E-state index in [1.807, 2.05) is 0 Å². The number of aromatic amines is 1. The minimum Gasteiger partial charge on any atom is -0.382 e. The van der Waals surface area contributed by atoms with Crippen molar-refractivity contribution in [1.29, 1.82) is 0 Å². The molecule has 2 aromatic rings. The number of hydrogen-bond donors (Lipinski definition) is 2. The molecule has 0 atom stereocenters. The summed E-state index contributed by atoms with van der Waals surface area (Å²) in [4.78, 5) is 7.33. The molecule has 0 aliphatic rings. The lowest BCUT2D eigenvalue weighted by molar-refractivity contribution is 0.0705. The van der Waals surface area contributed by atoms with Gasteiger partial charge >= 0.3 is 0 Å². The fourth-order valence-electron chi connectivity index (χ4n) is 1.69. The number of H-pyrrole nitrogens is 1. The standard InChI is InChI=1S/C13H18FN3O2/c1-18-7-8-19-6-2-5-15-13-16-11-4-3-10(14)9-12(11)17-13/h3-4,9H,2,5-8H2,1H3,(H2,15,16,17). The molecule has 104 valence electrons. The number of aromatic nitrogens is 2. The molecule has 5 nitrogen and oxygen atoms in total. The summed E-state index contributed by atoms with van der Waals surface area (Å²) in [7, 11) is 1.65. The summed E-state index contributed by atoms with van der Waals surface area (Å²) in [6.07, 6.45) is 0.870. The van der Waals surface area contributed by atoms with Crippen molar-refractivity contribution in [3.63, 3.8) is 0 Å². The van der Waals surface area contributed by atoms with Gasteiger partial charge < -0.3 is 19.8 Å². The lowest BCUT2D eigenvalue weighted by atomic mass is 10.3. The molecule has 6 heteroatoms. The molecule has 2 rings (SSSR count). The molecule has 0 unspecified atom stereocenters. The Kier molecular flexibility index (Phi) is 5.11. The zero-order chi connectivity index (χ0) is 13.5. The average molecular weight is 267 g/mol. The number of imidazole rings is 1. The largest absolute Gasteiger partial charge is 0.382 e. The summed E-state index contributed by atoms with van der Waals surface area (Å²) < 4.78 is 23.2. The number of nitrogens with one attached hydrogen (secondary N) is 2. The summed E-state index contributed by atoms with van der Waals surface area (Å²) in [5, 5.41) is 3.14. The Balaban J connectivity index is 1.72. The van der Waals surface area contributed by atoms with E-state index in [-0.39, 0.29) is 5.82 Å². The highest BCUT2D eigenvalue weighted by Crippen LogP contribution is 2.15. The Morgan fingerprint density at radius 2 is 2.21 bits per heavy atom. The molecule has 0 aliphatic heterocycles. The van der Waals surface area contributed by atoms with Crippen LogP contribution in [-0.2, 0) is 9.47 Å². The first-order valence-electron chi connectivity index (χ1n) is 6.25. The van der Waals surface area contributed by atoms with E-state index in [2.05, 4.69) is 15.3 Å². The highest BCUT2D eigenvalue weighted by molar-refractivity contribution is 5.77. The molecule has 1 aromatic heterocycles. The highest BCUT2D eigenvalue weighted by atomic mass is 19.1. The van der Waals surface area contributed by atoms with Crippen molar-refractivity contribution >= 4 is 17.0 Å². The monoisotopic (exact) mass is 267 g/mol. The summed E-state index contributed by atoms with van der Waals surface area (Å²) in [5.41, 5.74) is 1.44. The van der Waals surface area contributed by atoms with Crippen LogP contribution in [0.15, 0.2) is 18.2 Å². The van der Waals surface area contributed by atoms with Gasteiger partial charge in [0.2, 0.25) is 5.95 Å². The predicted molar refractivity (Wildman–Crippen MR) is 71.9 cm³/mol. The van der Waals surface area contributed by atoms with Crippen molar-refractivity contribution in [2.24, 2.45) is 0 Å². The van der Waals surface area contributed by atoms with Gasteiger partial charge in [0, 0.05) is 20.3 Å². The van der Waals surface area contributed by atoms with E-state index < -0.39 is 0 Å². The Bertz CT molecular complexity index is 516. The number of benzene rings is 1. The van der Waals surface area contributed by atoms with Gasteiger partial charge in [0.25, 0.3) is 0 Å². The molecule has 19 heavy (non-hydrogen) atoms. The summed E-state index contributed by atoms with van der Waals surface area (Å²) in [6.45, 7) is 2.64. The summed E-state index contributed by atoms with van der Waals surface area (Å²) in [6, 6.07) is 4.48. The SMILES string of the molecule is COCCOCCCNc1nc2ccc(F)cc2[nH]1. The fraction of sp³-hybridized carbons (Fsp3) is 0.462. The first-order valence-corrected chi connectivity index (χ1v) is 6.25. The van der Waals surface area contributed by atoms with Gasteiger partial charge in [-0.3, -0.25) is 0 Å². The topological polar surface area (TPSA) is 59.2 Å². The minimum absolute atomic E-state index is 0.269. The van der Waals surface area contributed by atoms with E-state index >= 15 is 0 Å².